The molecule has 0 aliphatic carbocycles. The number of rotatable bonds is 2. The van der Waals surface area contributed by atoms with Crippen LogP contribution in [0.25, 0.3) is 5.69 Å². The molecule has 3 heterocycles. The number of nitrogens with zero attached hydrogens (tertiary/aromatic N) is 3. The lowest BCUT2D eigenvalue weighted by atomic mass is 10.1. The molecular formula is C17H14FN3S2. The summed E-state index contributed by atoms with van der Waals surface area (Å²) in [4.78, 5) is 6.01. The summed E-state index contributed by atoms with van der Waals surface area (Å²) in [6.07, 6.45) is 0. The predicted octanol–water partition coefficient (Wildman–Crippen LogP) is 5.27. The molecule has 0 bridgehead atoms. The number of hydrogen-bond acceptors (Lipinski definition) is 4. The number of aliphatic imine (C=N–C) groups is 1. The minimum absolute atomic E-state index is 0.219. The van der Waals surface area contributed by atoms with E-state index in [0.717, 1.165) is 27.8 Å². The largest absolute Gasteiger partial charge is 0.227 e. The summed E-state index contributed by atoms with van der Waals surface area (Å²) in [5, 5.41) is 7.99. The van der Waals surface area contributed by atoms with E-state index in [4.69, 9.17) is 4.99 Å². The molecular weight excluding hydrogens is 329 g/mol. The second-order valence-corrected chi connectivity index (χ2v) is 7.63. The average molecular weight is 343 g/mol. The molecule has 3 nitrogen and oxygen atoms in total. The summed E-state index contributed by atoms with van der Waals surface area (Å²) in [5.41, 5.74) is 2.93. The van der Waals surface area contributed by atoms with Crippen LogP contribution in [0.1, 0.15) is 28.3 Å². The minimum atomic E-state index is -0.252. The molecule has 1 unspecified atom stereocenters. The number of aromatic nitrogens is 2. The van der Waals surface area contributed by atoms with Gasteiger partial charge >= 0.3 is 0 Å². The highest BCUT2D eigenvalue weighted by Crippen LogP contribution is 2.48. The van der Waals surface area contributed by atoms with Gasteiger partial charge in [-0.15, -0.1) is 11.3 Å². The van der Waals surface area contributed by atoms with E-state index in [1.54, 1.807) is 35.2 Å². The van der Waals surface area contributed by atoms with Crippen molar-refractivity contribution in [1.29, 1.82) is 0 Å². The average Bonchev–Trinajstić information content (AvgIpc) is 3.16. The van der Waals surface area contributed by atoms with Gasteiger partial charge in [0, 0.05) is 10.4 Å². The maximum Gasteiger partial charge on any atom is 0.161 e. The molecule has 23 heavy (non-hydrogen) atoms. The predicted molar refractivity (Wildman–Crippen MR) is 94.8 cm³/mol. The lowest BCUT2D eigenvalue weighted by molar-refractivity contribution is 0.627. The molecule has 0 saturated carbocycles. The van der Waals surface area contributed by atoms with Crippen LogP contribution >= 0.6 is 23.1 Å². The van der Waals surface area contributed by atoms with Gasteiger partial charge < -0.3 is 0 Å². The van der Waals surface area contributed by atoms with Crippen LogP contribution in [0.5, 0.6) is 0 Å². The SMILES string of the molecule is CC1=Nc2c(c(C)nn2-c2ccc(F)cc2)C(c2cccs2)S1. The van der Waals surface area contributed by atoms with Crippen molar-refractivity contribution in [3.63, 3.8) is 0 Å². The Labute approximate surface area is 141 Å². The third-order valence-electron chi connectivity index (χ3n) is 3.77. The van der Waals surface area contributed by atoms with Gasteiger partial charge in [0.05, 0.1) is 21.7 Å². The van der Waals surface area contributed by atoms with E-state index in [2.05, 4.69) is 22.6 Å². The van der Waals surface area contributed by atoms with Crippen molar-refractivity contribution in [2.45, 2.75) is 19.1 Å². The Bertz CT molecular complexity index is 879. The number of halogens is 1. The minimum Gasteiger partial charge on any atom is -0.227 e. The molecule has 1 aromatic carbocycles. The molecule has 2 aromatic heterocycles. The van der Waals surface area contributed by atoms with Crippen molar-refractivity contribution in [3.8, 4) is 5.69 Å². The van der Waals surface area contributed by atoms with Gasteiger partial charge in [0.2, 0.25) is 0 Å². The second kappa shape index (κ2) is 5.62. The van der Waals surface area contributed by atoms with Crippen molar-refractivity contribution in [2.75, 3.05) is 0 Å². The highest BCUT2D eigenvalue weighted by molar-refractivity contribution is 8.14. The fourth-order valence-corrected chi connectivity index (χ4v) is 4.84. The lowest BCUT2D eigenvalue weighted by Crippen LogP contribution is -2.05. The van der Waals surface area contributed by atoms with Gasteiger partial charge in [0.25, 0.3) is 0 Å². The molecule has 6 heteroatoms. The monoisotopic (exact) mass is 343 g/mol. The number of hydrogen-bond donors (Lipinski definition) is 0. The molecule has 0 amide bonds. The first-order valence-electron chi connectivity index (χ1n) is 7.24. The number of fused-ring (bicyclic) bond motifs is 1. The van der Waals surface area contributed by atoms with E-state index in [1.807, 2.05) is 18.5 Å². The van der Waals surface area contributed by atoms with Crippen LogP contribution in [0.15, 0.2) is 46.8 Å². The molecule has 4 rings (SSSR count). The third-order valence-corrected chi connectivity index (χ3v) is 6.01. The van der Waals surface area contributed by atoms with E-state index in [9.17, 15) is 4.39 Å². The number of benzene rings is 1. The first kappa shape index (κ1) is 14.7. The van der Waals surface area contributed by atoms with E-state index in [0.29, 0.717) is 0 Å². The van der Waals surface area contributed by atoms with Crippen molar-refractivity contribution in [1.82, 2.24) is 9.78 Å². The maximum atomic E-state index is 13.2. The van der Waals surface area contributed by atoms with Gasteiger partial charge in [0.1, 0.15) is 5.82 Å². The Hall–Kier alpha value is -1.92. The first-order chi connectivity index (χ1) is 11.1. The van der Waals surface area contributed by atoms with Crippen LogP contribution in [0, 0.1) is 12.7 Å². The Morgan fingerprint density at radius 1 is 1.13 bits per heavy atom. The van der Waals surface area contributed by atoms with Crippen molar-refractivity contribution >= 4 is 34.0 Å². The summed E-state index contributed by atoms with van der Waals surface area (Å²) < 4.78 is 15.0. The zero-order valence-electron chi connectivity index (χ0n) is 12.7. The van der Waals surface area contributed by atoms with Gasteiger partial charge in [-0.05, 0) is 49.6 Å². The van der Waals surface area contributed by atoms with Crippen LogP contribution in [-0.2, 0) is 0 Å². The molecule has 3 aromatic rings. The Morgan fingerprint density at radius 3 is 2.61 bits per heavy atom. The zero-order valence-corrected chi connectivity index (χ0v) is 14.3. The fourth-order valence-electron chi connectivity index (χ4n) is 2.75. The zero-order chi connectivity index (χ0) is 16.0. The van der Waals surface area contributed by atoms with E-state index in [-0.39, 0.29) is 11.1 Å². The molecule has 116 valence electrons. The van der Waals surface area contributed by atoms with E-state index in [1.165, 1.54) is 17.0 Å². The fraction of sp³-hybridized carbons (Fsp3) is 0.176. The van der Waals surface area contributed by atoms with Crippen molar-refractivity contribution < 1.29 is 4.39 Å². The Morgan fingerprint density at radius 2 is 1.91 bits per heavy atom. The summed E-state index contributed by atoms with van der Waals surface area (Å²) in [7, 11) is 0. The summed E-state index contributed by atoms with van der Waals surface area (Å²) in [6, 6.07) is 10.6. The standard InChI is InChI=1S/C17H14FN3S2/c1-10-15-16(14-4-3-9-22-14)23-11(2)19-17(15)21(20-10)13-7-5-12(18)6-8-13/h3-9,16H,1-2H3. The van der Waals surface area contributed by atoms with E-state index < -0.39 is 0 Å². The van der Waals surface area contributed by atoms with Gasteiger partial charge in [0.15, 0.2) is 5.82 Å². The van der Waals surface area contributed by atoms with Gasteiger partial charge in [-0.2, -0.15) is 5.10 Å². The Kier molecular flexibility index (Phi) is 3.58. The van der Waals surface area contributed by atoms with Crippen LogP contribution < -0.4 is 0 Å². The van der Waals surface area contributed by atoms with E-state index >= 15 is 0 Å². The van der Waals surface area contributed by atoms with Crippen LogP contribution in [0.3, 0.4) is 0 Å². The smallest absolute Gasteiger partial charge is 0.161 e. The van der Waals surface area contributed by atoms with Gasteiger partial charge in [-0.1, -0.05) is 17.8 Å². The van der Waals surface area contributed by atoms with Crippen molar-refractivity contribution in [2.24, 2.45) is 4.99 Å². The van der Waals surface area contributed by atoms with Crippen LogP contribution in [0.4, 0.5) is 10.2 Å². The van der Waals surface area contributed by atoms with Crippen molar-refractivity contribution in [3.05, 3.63) is 63.7 Å². The van der Waals surface area contributed by atoms with Gasteiger partial charge in [-0.25, -0.2) is 14.1 Å². The second-order valence-electron chi connectivity index (χ2n) is 5.36. The molecule has 0 N–H and O–H groups in total. The molecule has 0 saturated heterocycles. The summed E-state index contributed by atoms with van der Waals surface area (Å²) in [6.45, 7) is 4.03. The highest BCUT2D eigenvalue weighted by atomic mass is 32.2. The molecule has 1 atom stereocenters. The third kappa shape index (κ3) is 2.52. The normalized spacial score (nSPS) is 17.0. The lowest BCUT2D eigenvalue weighted by Gasteiger charge is -2.20. The van der Waals surface area contributed by atoms with Crippen LogP contribution in [0.2, 0.25) is 0 Å². The molecule has 1 aliphatic heterocycles. The Balaban J connectivity index is 1.90. The summed E-state index contributed by atoms with van der Waals surface area (Å²) in [5.74, 6) is 0.599. The first-order valence-corrected chi connectivity index (χ1v) is 9.00. The topological polar surface area (TPSA) is 30.2 Å². The highest BCUT2D eigenvalue weighted by Gasteiger charge is 2.30. The van der Waals surface area contributed by atoms with Gasteiger partial charge in [-0.3, -0.25) is 0 Å². The van der Waals surface area contributed by atoms with Crippen LogP contribution in [-0.4, -0.2) is 14.8 Å². The summed E-state index contributed by atoms with van der Waals surface area (Å²) >= 11 is 3.51. The number of thioether (sulfide) groups is 1. The quantitative estimate of drug-likeness (QED) is 0.635. The molecule has 0 spiro atoms. The molecule has 1 aliphatic rings. The number of thiophene rings is 1. The molecule has 0 fully saturated rings. The molecule has 0 radical (unpaired) electrons. The number of aryl methyl sites for hydroxylation is 1. The maximum absolute atomic E-state index is 13.2.